The number of hydrogen-bond acceptors (Lipinski definition) is 0. The maximum atomic E-state index is 3.57. The average molecular weight is 245 g/mol. The van der Waals surface area contributed by atoms with Crippen LogP contribution in [0.25, 0.3) is 32.6 Å². The molecule has 0 aliphatic rings. The summed E-state index contributed by atoms with van der Waals surface area (Å²) < 4.78 is 0. The molecule has 19 heavy (non-hydrogen) atoms. The first-order valence-corrected chi connectivity index (χ1v) is 6.64. The molecule has 4 aromatic rings. The smallest absolute Gasteiger partial charge is 0.0501 e. The van der Waals surface area contributed by atoms with Crippen LogP contribution in [0.5, 0.6) is 0 Å². The lowest BCUT2D eigenvalue weighted by Gasteiger charge is -2.03. The first-order valence-electron chi connectivity index (χ1n) is 6.64. The Labute approximate surface area is 111 Å². The molecule has 1 heterocycles. The number of aryl methyl sites for hydroxylation is 2. The highest BCUT2D eigenvalue weighted by Gasteiger charge is 2.10. The summed E-state index contributed by atoms with van der Waals surface area (Å²) in [5.41, 5.74) is 5.10. The van der Waals surface area contributed by atoms with Gasteiger partial charge in [-0.25, -0.2) is 0 Å². The van der Waals surface area contributed by atoms with Crippen molar-refractivity contribution in [3.63, 3.8) is 0 Å². The molecule has 4 rings (SSSR count). The topological polar surface area (TPSA) is 15.8 Å². The molecule has 1 aromatic heterocycles. The second-order valence-electron chi connectivity index (χ2n) is 5.34. The van der Waals surface area contributed by atoms with E-state index in [1.54, 1.807) is 0 Å². The van der Waals surface area contributed by atoms with Gasteiger partial charge in [0.1, 0.15) is 0 Å². The highest BCUT2D eigenvalue weighted by Crippen LogP contribution is 2.34. The maximum Gasteiger partial charge on any atom is 0.0501 e. The van der Waals surface area contributed by atoms with Gasteiger partial charge in [0.25, 0.3) is 0 Å². The van der Waals surface area contributed by atoms with Crippen molar-refractivity contribution >= 4 is 32.6 Å². The second-order valence-corrected chi connectivity index (χ2v) is 5.34. The normalized spacial score (nSPS) is 11.7. The molecule has 0 atom stereocenters. The molecule has 0 fully saturated rings. The van der Waals surface area contributed by atoms with Crippen LogP contribution in [0.15, 0.2) is 48.5 Å². The van der Waals surface area contributed by atoms with Gasteiger partial charge >= 0.3 is 0 Å². The van der Waals surface area contributed by atoms with Crippen LogP contribution < -0.4 is 0 Å². The first-order chi connectivity index (χ1) is 9.24. The highest BCUT2D eigenvalue weighted by atomic mass is 14.7. The van der Waals surface area contributed by atoms with Gasteiger partial charge in [-0.3, -0.25) is 0 Å². The summed E-state index contributed by atoms with van der Waals surface area (Å²) in [4.78, 5) is 3.57. The van der Waals surface area contributed by atoms with Crippen molar-refractivity contribution in [3.8, 4) is 0 Å². The third-order valence-electron chi connectivity index (χ3n) is 3.95. The summed E-state index contributed by atoms with van der Waals surface area (Å²) in [6, 6.07) is 17.5. The van der Waals surface area contributed by atoms with Gasteiger partial charge in [-0.2, -0.15) is 0 Å². The molecule has 0 aliphatic carbocycles. The molecule has 1 heteroatoms. The fourth-order valence-corrected chi connectivity index (χ4v) is 3.04. The summed E-state index contributed by atoms with van der Waals surface area (Å²) in [5.74, 6) is 0. The lowest BCUT2D eigenvalue weighted by atomic mass is 10.0. The van der Waals surface area contributed by atoms with Gasteiger partial charge in [-0.15, -0.1) is 0 Å². The largest absolute Gasteiger partial charge is 0.354 e. The molecule has 92 valence electrons. The minimum Gasteiger partial charge on any atom is -0.354 e. The van der Waals surface area contributed by atoms with Crippen LogP contribution in [0.4, 0.5) is 0 Å². The number of aromatic nitrogens is 1. The Balaban J connectivity index is 2.38. The van der Waals surface area contributed by atoms with E-state index in [0.29, 0.717) is 0 Å². The minimum atomic E-state index is 1.22. The van der Waals surface area contributed by atoms with Crippen LogP contribution in [-0.4, -0.2) is 4.98 Å². The molecule has 0 spiro atoms. The quantitative estimate of drug-likeness (QED) is 0.444. The number of hydrogen-bond donors (Lipinski definition) is 1. The van der Waals surface area contributed by atoms with Crippen LogP contribution in [0.1, 0.15) is 11.1 Å². The van der Waals surface area contributed by atoms with Crippen LogP contribution in [0, 0.1) is 13.8 Å². The highest BCUT2D eigenvalue weighted by molar-refractivity contribution is 6.21. The number of benzene rings is 3. The summed E-state index contributed by atoms with van der Waals surface area (Å²) in [6.45, 7) is 4.33. The van der Waals surface area contributed by atoms with Gasteiger partial charge in [0.05, 0.1) is 5.52 Å². The number of fused-ring (bicyclic) bond motifs is 5. The fourth-order valence-electron chi connectivity index (χ4n) is 3.04. The van der Waals surface area contributed by atoms with Crippen LogP contribution >= 0.6 is 0 Å². The number of aromatic amines is 1. The number of H-pyrrole nitrogens is 1. The number of nitrogens with one attached hydrogen (secondary N) is 1. The molecule has 0 bridgehead atoms. The van der Waals surface area contributed by atoms with E-state index in [1.165, 1.54) is 43.7 Å². The van der Waals surface area contributed by atoms with Crippen LogP contribution in [0.2, 0.25) is 0 Å². The van der Waals surface area contributed by atoms with Gasteiger partial charge in [0, 0.05) is 16.3 Å². The van der Waals surface area contributed by atoms with Gasteiger partial charge < -0.3 is 4.98 Å². The molecule has 1 nitrogen and oxygen atoms in total. The summed E-state index contributed by atoms with van der Waals surface area (Å²) in [7, 11) is 0. The SMILES string of the molecule is Cc1ccc2[nH]c3c(C)cc4ccccc4c3c2c1. The molecule has 0 aliphatic heterocycles. The Morgan fingerprint density at radius 2 is 1.68 bits per heavy atom. The first kappa shape index (κ1) is 10.6. The summed E-state index contributed by atoms with van der Waals surface area (Å²) >= 11 is 0. The van der Waals surface area contributed by atoms with E-state index in [-0.39, 0.29) is 0 Å². The lowest BCUT2D eigenvalue weighted by molar-refractivity contribution is 1.45. The molecule has 0 amide bonds. The predicted octanol–water partition coefficient (Wildman–Crippen LogP) is 5.09. The van der Waals surface area contributed by atoms with Gasteiger partial charge in [0.2, 0.25) is 0 Å². The van der Waals surface area contributed by atoms with E-state index in [9.17, 15) is 0 Å². The molecule has 0 saturated heterocycles. The van der Waals surface area contributed by atoms with Crippen LogP contribution in [-0.2, 0) is 0 Å². The molecule has 0 saturated carbocycles. The zero-order valence-electron chi connectivity index (χ0n) is 11.1. The number of rotatable bonds is 0. The van der Waals surface area contributed by atoms with Gasteiger partial charge in [0.15, 0.2) is 0 Å². The zero-order chi connectivity index (χ0) is 13.0. The van der Waals surface area contributed by atoms with Crippen LogP contribution in [0.3, 0.4) is 0 Å². The van der Waals surface area contributed by atoms with Gasteiger partial charge in [-0.1, -0.05) is 35.9 Å². The maximum absolute atomic E-state index is 3.57. The van der Waals surface area contributed by atoms with Gasteiger partial charge in [-0.05, 0) is 48.4 Å². The van der Waals surface area contributed by atoms with Crippen molar-refractivity contribution in [3.05, 3.63) is 59.7 Å². The molecule has 1 N–H and O–H groups in total. The van der Waals surface area contributed by atoms with E-state index in [2.05, 4.69) is 67.4 Å². The van der Waals surface area contributed by atoms with Crippen molar-refractivity contribution in [2.75, 3.05) is 0 Å². The molecule has 3 aromatic carbocycles. The average Bonchev–Trinajstić information content (AvgIpc) is 2.78. The van der Waals surface area contributed by atoms with Crippen molar-refractivity contribution in [1.82, 2.24) is 4.98 Å². The van der Waals surface area contributed by atoms with E-state index < -0.39 is 0 Å². The zero-order valence-corrected chi connectivity index (χ0v) is 11.1. The Bertz CT molecular complexity index is 929. The van der Waals surface area contributed by atoms with Crippen molar-refractivity contribution in [1.29, 1.82) is 0 Å². The predicted molar refractivity (Wildman–Crippen MR) is 82.8 cm³/mol. The molecular formula is C18H15N. The minimum absolute atomic E-state index is 1.22. The Morgan fingerprint density at radius 1 is 0.842 bits per heavy atom. The van der Waals surface area contributed by atoms with E-state index in [4.69, 9.17) is 0 Å². The Morgan fingerprint density at radius 3 is 2.58 bits per heavy atom. The molecule has 0 unspecified atom stereocenters. The Hall–Kier alpha value is -2.28. The van der Waals surface area contributed by atoms with E-state index in [0.717, 1.165) is 0 Å². The third-order valence-corrected chi connectivity index (χ3v) is 3.95. The summed E-state index contributed by atoms with van der Waals surface area (Å²) in [5, 5.41) is 5.33. The molecule has 0 radical (unpaired) electrons. The van der Waals surface area contributed by atoms with Crippen molar-refractivity contribution in [2.24, 2.45) is 0 Å². The summed E-state index contributed by atoms with van der Waals surface area (Å²) in [6.07, 6.45) is 0. The second kappa shape index (κ2) is 3.61. The molecular weight excluding hydrogens is 230 g/mol. The third kappa shape index (κ3) is 1.42. The standard InChI is InChI=1S/C18H15N/c1-11-7-8-16-15(9-11)17-14-6-4-3-5-13(14)10-12(2)18(17)19-16/h3-10,19H,1-2H3. The fraction of sp³-hybridized carbons (Fsp3) is 0.111. The monoisotopic (exact) mass is 245 g/mol. The van der Waals surface area contributed by atoms with E-state index >= 15 is 0 Å². The van der Waals surface area contributed by atoms with Crippen molar-refractivity contribution < 1.29 is 0 Å². The Kier molecular flexibility index (Phi) is 2.02. The lowest BCUT2D eigenvalue weighted by Crippen LogP contribution is -1.79. The van der Waals surface area contributed by atoms with E-state index in [1.807, 2.05) is 0 Å². The van der Waals surface area contributed by atoms with Crippen molar-refractivity contribution in [2.45, 2.75) is 13.8 Å².